The number of aliphatic hydroxyl groups is 1. The minimum atomic E-state index is -1.04. The maximum Gasteiger partial charge on any atom is 0.326 e. The fourth-order valence-electron chi connectivity index (χ4n) is 2.31. The Morgan fingerprint density at radius 1 is 1.37 bits per heavy atom. The first-order chi connectivity index (χ1) is 8.77. The van der Waals surface area contributed by atoms with Crippen LogP contribution in [-0.4, -0.2) is 52.3 Å². The molecule has 0 aromatic carbocycles. The van der Waals surface area contributed by atoms with Gasteiger partial charge in [-0.25, -0.2) is 9.59 Å². The Balaban J connectivity index is 2.73. The molecule has 2 amide bonds. The third-order valence-electron chi connectivity index (χ3n) is 3.48. The highest BCUT2D eigenvalue weighted by molar-refractivity contribution is 5.83. The number of aliphatic hydroxyl groups excluding tert-OH is 1. The summed E-state index contributed by atoms with van der Waals surface area (Å²) in [7, 11) is 0. The Bertz CT molecular complexity index is 338. The lowest BCUT2D eigenvalue weighted by molar-refractivity contribution is -0.142. The fourth-order valence-corrected chi connectivity index (χ4v) is 2.31. The summed E-state index contributed by atoms with van der Waals surface area (Å²) >= 11 is 0. The van der Waals surface area contributed by atoms with Gasteiger partial charge in [-0.15, -0.1) is 0 Å². The molecule has 0 spiro atoms. The predicted molar refractivity (Wildman–Crippen MR) is 70.8 cm³/mol. The number of aliphatic carboxylic acids is 1. The van der Waals surface area contributed by atoms with Gasteiger partial charge in [0.1, 0.15) is 6.04 Å². The molecule has 1 aliphatic rings. The lowest BCUT2D eigenvalue weighted by atomic mass is 9.87. The van der Waals surface area contributed by atoms with Crippen molar-refractivity contribution in [1.29, 1.82) is 0 Å². The average molecular weight is 272 g/mol. The van der Waals surface area contributed by atoms with Crippen LogP contribution in [0.15, 0.2) is 0 Å². The molecule has 1 aliphatic heterocycles. The fraction of sp³-hybridized carbons (Fsp3) is 0.846. The molecule has 0 radical (unpaired) electrons. The standard InChI is InChI=1S/C13H24N2O4/c1-13(2,3)10(11(17)18)14-12(19)15-7-5-4-6-9(15)8-16/h9-10,16H,4-8H2,1-3H3,(H,14,19)(H,17,18)/t9?,10-/m1/s1. The lowest BCUT2D eigenvalue weighted by Gasteiger charge is -2.37. The molecule has 6 nitrogen and oxygen atoms in total. The SMILES string of the molecule is CC(C)(C)[C@H](NC(=O)N1CCCCC1CO)C(=O)O. The number of hydrogen-bond donors (Lipinski definition) is 3. The van der Waals surface area contributed by atoms with Crippen LogP contribution in [0.3, 0.4) is 0 Å². The van der Waals surface area contributed by atoms with Gasteiger partial charge in [-0.1, -0.05) is 20.8 Å². The molecule has 1 heterocycles. The molecular weight excluding hydrogens is 248 g/mol. The summed E-state index contributed by atoms with van der Waals surface area (Å²) in [6.07, 6.45) is 2.63. The van der Waals surface area contributed by atoms with Gasteiger partial charge in [0.25, 0.3) is 0 Å². The number of hydrogen-bond acceptors (Lipinski definition) is 3. The molecule has 0 saturated carbocycles. The zero-order valence-electron chi connectivity index (χ0n) is 11.8. The third-order valence-corrected chi connectivity index (χ3v) is 3.48. The zero-order chi connectivity index (χ0) is 14.6. The van der Waals surface area contributed by atoms with E-state index in [0.717, 1.165) is 19.3 Å². The summed E-state index contributed by atoms with van der Waals surface area (Å²) in [6.45, 7) is 5.79. The Labute approximate surface area is 113 Å². The van der Waals surface area contributed by atoms with E-state index in [1.165, 1.54) is 0 Å². The van der Waals surface area contributed by atoms with E-state index in [0.29, 0.717) is 6.54 Å². The predicted octanol–water partition coefficient (Wildman–Crippen LogP) is 1.04. The first kappa shape index (κ1) is 15.8. The Hall–Kier alpha value is -1.30. The van der Waals surface area contributed by atoms with Gasteiger partial charge >= 0.3 is 12.0 Å². The van der Waals surface area contributed by atoms with Crippen molar-refractivity contribution in [3.05, 3.63) is 0 Å². The second kappa shape index (κ2) is 6.23. The summed E-state index contributed by atoms with van der Waals surface area (Å²) < 4.78 is 0. The van der Waals surface area contributed by atoms with Gasteiger partial charge in [0.15, 0.2) is 0 Å². The molecule has 1 unspecified atom stereocenters. The van der Waals surface area contributed by atoms with Crippen LogP contribution in [0, 0.1) is 5.41 Å². The third kappa shape index (κ3) is 4.09. The Morgan fingerprint density at radius 3 is 2.47 bits per heavy atom. The van der Waals surface area contributed by atoms with E-state index in [4.69, 9.17) is 0 Å². The van der Waals surface area contributed by atoms with E-state index in [1.807, 2.05) is 0 Å². The number of likely N-dealkylation sites (tertiary alicyclic amines) is 1. The molecular formula is C13H24N2O4. The minimum Gasteiger partial charge on any atom is -0.480 e. The van der Waals surface area contributed by atoms with Crippen LogP contribution >= 0.6 is 0 Å². The van der Waals surface area contributed by atoms with Gasteiger partial charge in [0.05, 0.1) is 12.6 Å². The van der Waals surface area contributed by atoms with E-state index in [2.05, 4.69) is 5.32 Å². The van der Waals surface area contributed by atoms with Crippen molar-refractivity contribution in [3.63, 3.8) is 0 Å². The minimum absolute atomic E-state index is 0.0827. The van der Waals surface area contributed by atoms with E-state index < -0.39 is 23.5 Å². The van der Waals surface area contributed by atoms with E-state index in [1.54, 1.807) is 25.7 Å². The second-order valence-corrected chi connectivity index (χ2v) is 6.11. The molecule has 2 atom stereocenters. The number of nitrogens with zero attached hydrogens (tertiary/aromatic N) is 1. The smallest absolute Gasteiger partial charge is 0.326 e. The monoisotopic (exact) mass is 272 g/mol. The second-order valence-electron chi connectivity index (χ2n) is 6.11. The number of urea groups is 1. The van der Waals surface area contributed by atoms with Crippen LogP contribution in [0.25, 0.3) is 0 Å². The topological polar surface area (TPSA) is 89.9 Å². The number of amides is 2. The van der Waals surface area contributed by atoms with Crippen molar-refractivity contribution in [2.75, 3.05) is 13.2 Å². The van der Waals surface area contributed by atoms with Crippen molar-refractivity contribution in [2.45, 2.75) is 52.1 Å². The number of carboxylic acids is 1. The molecule has 0 aliphatic carbocycles. The normalized spacial score (nSPS) is 21.9. The largest absolute Gasteiger partial charge is 0.480 e. The number of carbonyl (C=O) groups excluding carboxylic acids is 1. The summed E-state index contributed by atoms with van der Waals surface area (Å²) in [5.74, 6) is -1.04. The summed E-state index contributed by atoms with van der Waals surface area (Å²) in [6, 6.07) is -1.55. The number of piperidine rings is 1. The molecule has 0 aromatic rings. The van der Waals surface area contributed by atoms with Crippen molar-refractivity contribution in [1.82, 2.24) is 10.2 Å². The number of carbonyl (C=O) groups is 2. The maximum absolute atomic E-state index is 12.2. The highest BCUT2D eigenvalue weighted by Crippen LogP contribution is 2.21. The summed E-state index contributed by atoms with van der Waals surface area (Å²) in [4.78, 5) is 24.9. The van der Waals surface area contributed by atoms with Gasteiger partial charge in [-0.3, -0.25) is 0 Å². The van der Waals surface area contributed by atoms with Gasteiger partial charge in [0, 0.05) is 6.54 Å². The van der Waals surface area contributed by atoms with Crippen LogP contribution in [0.2, 0.25) is 0 Å². The Morgan fingerprint density at radius 2 is 2.00 bits per heavy atom. The number of carboxylic acid groups (broad SMARTS) is 1. The van der Waals surface area contributed by atoms with E-state index in [-0.39, 0.29) is 12.6 Å². The Kier molecular flexibility index (Phi) is 5.17. The molecule has 0 aromatic heterocycles. The quantitative estimate of drug-likeness (QED) is 0.716. The molecule has 6 heteroatoms. The van der Waals surface area contributed by atoms with Crippen molar-refractivity contribution in [2.24, 2.45) is 5.41 Å². The lowest BCUT2D eigenvalue weighted by Crippen LogP contribution is -2.57. The van der Waals surface area contributed by atoms with Gasteiger partial charge in [0.2, 0.25) is 0 Å². The van der Waals surface area contributed by atoms with Crippen LogP contribution in [-0.2, 0) is 4.79 Å². The number of rotatable bonds is 3. The van der Waals surface area contributed by atoms with Crippen molar-refractivity contribution >= 4 is 12.0 Å². The summed E-state index contributed by atoms with van der Waals surface area (Å²) in [5.41, 5.74) is -0.564. The van der Waals surface area contributed by atoms with Crippen molar-refractivity contribution < 1.29 is 19.8 Å². The van der Waals surface area contributed by atoms with Gasteiger partial charge in [-0.05, 0) is 24.7 Å². The van der Waals surface area contributed by atoms with Crippen LogP contribution in [0.1, 0.15) is 40.0 Å². The number of nitrogens with one attached hydrogen (secondary N) is 1. The highest BCUT2D eigenvalue weighted by atomic mass is 16.4. The van der Waals surface area contributed by atoms with Gasteiger partial charge in [-0.2, -0.15) is 0 Å². The molecule has 19 heavy (non-hydrogen) atoms. The van der Waals surface area contributed by atoms with Crippen LogP contribution in [0.5, 0.6) is 0 Å². The van der Waals surface area contributed by atoms with Crippen molar-refractivity contribution in [3.8, 4) is 0 Å². The molecule has 3 N–H and O–H groups in total. The molecule has 1 rings (SSSR count). The van der Waals surface area contributed by atoms with Gasteiger partial charge < -0.3 is 20.4 Å². The summed E-state index contributed by atoms with van der Waals surface area (Å²) in [5, 5.41) is 21.0. The molecule has 1 fully saturated rings. The maximum atomic E-state index is 12.2. The van der Waals surface area contributed by atoms with Crippen LogP contribution < -0.4 is 5.32 Å². The van der Waals surface area contributed by atoms with E-state index >= 15 is 0 Å². The average Bonchev–Trinajstić information content (AvgIpc) is 2.33. The van der Waals surface area contributed by atoms with E-state index in [9.17, 15) is 19.8 Å². The molecule has 0 bridgehead atoms. The first-order valence-corrected chi connectivity index (χ1v) is 6.68. The zero-order valence-corrected chi connectivity index (χ0v) is 11.8. The molecule has 110 valence electrons. The molecule has 1 saturated heterocycles. The highest BCUT2D eigenvalue weighted by Gasteiger charge is 2.35. The van der Waals surface area contributed by atoms with Crippen LogP contribution in [0.4, 0.5) is 4.79 Å². The first-order valence-electron chi connectivity index (χ1n) is 6.68.